The van der Waals surface area contributed by atoms with Gasteiger partial charge in [-0.25, -0.2) is 14.8 Å². The number of carbonyl (C=O) groups is 1. The van der Waals surface area contributed by atoms with Gasteiger partial charge in [0.05, 0.1) is 12.0 Å². The van der Waals surface area contributed by atoms with Crippen molar-refractivity contribution < 1.29 is 19.2 Å². The van der Waals surface area contributed by atoms with Gasteiger partial charge in [-0.15, -0.1) is 0 Å². The molecule has 0 saturated heterocycles. The highest BCUT2D eigenvalue weighted by Gasteiger charge is 2.22. The van der Waals surface area contributed by atoms with Gasteiger partial charge in [0.1, 0.15) is 11.1 Å². The van der Waals surface area contributed by atoms with Crippen LogP contribution in [0, 0.1) is 0 Å². The average molecular weight is 398 g/mol. The molecule has 3 aromatic rings. The molecule has 0 unspecified atom stereocenters. The van der Waals surface area contributed by atoms with E-state index >= 15 is 0 Å². The van der Waals surface area contributed by atoms with E-state index in [2.05, 4.69) is 4.98 Å². The number of ether oxygens (including phenoxy) is 1. The maximum Gasteiger partial charge on any atom is 0.342 e. The fraction of sp³-hybridized carbons (Fsp3) is 0.409. The van der Waals surface area contributed by atoms with E-state index in [4.69, 9.17) is 9.15 Å². The molecule has 0 bridgehead atoms. The minimum atomic E-state index is -0.634. The number of fused-ring (bicyclic) bond motifs is 2. The Hall–Kier alpha value is -2.93. The van der Waals surface area contributed by atoms with E-state index in [0.717, 1.165) is 17.0 Å². The lowest BCUT2D eigenvalue weighted by molar-refractivity contribution is 0.0524. The van der Waals surface area contributed by atoms with Crippen molar-refractivity contribution in [2.45, 2.75) is 46.5 Å². The van der Waals surface area contributed by atoms with Crippen LogP contribution in [0.25, 0.3) is 22.1 Å². The van der Waals surface area contributed by atoms with Crippen molar-refractivity contribution in [1.29, 1.82) is 0 Å². The second-order valence-electron chi connectivity index (χ2n) is 7.24. The molecule has 0 saturated carbocycles. The monoisotopic (exact) mass is 398 g/mol. The molecule has 2 aromatic heterocycles. The van der Waals surface area contributed by atoms with Gasteiger partial charge in [-0.2, -0.15) is 0 Å². The second kappa shape index (κ2) is 8.61. The van der Waals surface area contributed by atoms with Gasteiger partial charge >= 0.3 is 5.97 Å². The van der Waals surface area contributed by atoms with E-state index in [1.807, 2.05) is 26.8 Å². The molecule has 1 aromatic carbocycles. The third-order valence-corrected chi connectivity index (χ3v) is 4.78. The summed E-state index contributed by atoms with van der Waals surface area (Å²) in [6, 6.07) is 6.89. The van der Waals surface area contributed by atoms with Crippen molar-refractivity contribution in [3.63, 3.8) is 0 Å². The molecular formula is C22H26N2O5. The van der Waals surface area contributed by atoms with Gasteiger partial charge in [0.15, 0.2) is 16.9 Å². The Kier molecular flexibility index (Phi) is 6.17. The fourth-order valence-electron chi connectivity index (χ4n) is 3.11. The van der Waals surface area contributed by atoms with E-state index < -0.39 is 5.97 Å². The van der Waals surface area contributed by atoms with E-state index in [1.54, 1.807) is 19.1 Å². The third-order valence-electron chi connectivity index (χ3n) is 4.78. The van der Waals surface area contributed by atoms with Gasteiger partial charge in [-0.1, -0.05) is 33.3 Å². The quantitative estimate of drug-likeness (QED) is 0.352. The van der Waals surface area contributed by atoms with E-state index in [1.165, 1.54) is 6.07 Å². The molecule has 0 aliphatic carbocycles. The smallest absolute Gasteiger partial charge is 0.342 e. The summed E-state index contributed by atoms with van der Waals surface area (Å²) in [4.78, 5) is 29.9. The first-order valence-electron chi connectivity index (χ1n) is 9.92. The van der Waals surface area contributed by atoms with Crippen LogP contribution >= 0.6 is 0 Å². The summed E-state index contributed by atoms with van der Waals surface area (Å²) in [5.41, 5.74) is 1.43. The van der Waals surface area contributed by atoms with Gasteiger partial charge < -0.3 is 9.15 Å². The van der Waals surface area contributed by atoms with Crippen LogP contribution in [0.1, 0.15) is 62.4 Å². The van der Waals surface area contributed by atoms with Gasteiger partial charge in [0, 0.05) is 12.6 Å². The van der Waals surface area contributed by atoms with Gasteiger partial charge in [-0.3, -0.25) is 10.0 Å². The number of hydroxylamine groups is 1. The topological polar surface area (TPSA) is 92.9 Å². The highest BCUT2D eigenvalue weighted by atomic mass is 16.5. The Morgan fingerprint density at radius 3 is 2.66 bits per heavy atom. The van der Waals surface area contributed by atoms with Crippen LogP contribution in [0.3, 0.4) is 0 Å². The second-order valence-corrected chi connectivity index (χ2v) is 7.24. The summed E-state index contributed by atoms with van der Waals surface area (Å²) in [6.07, 6.45) is 1.55. The third kappa shape index (κ3) is 4.10. The summed E-state index contributed by atoms with van der Waals surface area (Å²) in [6.45, 7) is 8.22. The standard InChI is InChI=1S/C22H26N2O5/c1-5-7-10-24(27)21-16(22(26)28-6-2)12-18-19(23-21)20(25)15-11-14(13(3)4)8-9-17(15)29-18/h8-9,11-13,27H,5-7,10H2,1-4H3. The zero-order valence-electron chi connectivity index (χ0n) is 17.2. The number of aromatic nitrogens is 1. The van der Waals surface area contributed by atoms with Crippen LogP contribution in [0.2, 0.25) is 0 Å². The van der Waals surface area contributed by atoms with Crippen molar-refractivity contribution in [3.8, 4) is 0 Å². The number of anilines is 1. The predicted octanol–water partition coefficient (Wildman–Crippen LogP) is 4.64. The van der Waals surface area contributed by atoms with Crippen LogP contribution < -0.4 is 10.5 Å². The number of rotatable bonds is 7. The highest BCUT2D eigenvalue weighted by molar-refractivity contribution is 5.99. The molecule has 7 nitrogen and oxygen atoms in total. The molecular weight excluding hydrogens is 372 g/mol. The molecule has 0 radical (unpaired) electrons. The molecule has 0 fully saturated rings. The lowest BCUT2D eigenvalue weighted by Gasteiger charge is -2.18. The fourth-order valence-corrected chi connectivity index (χ4v) is 3.11. The number of hydrogen-bond acceptors (Lipinski definition) is 7. The Labute approximate surface area is 168 Å². The molecule has 0 aliphatic heterocycles. The Morgan fingerprint density at radius 2 is 2.00 bits per heavy atom. The molecule has 29 heavy (non-hydrogen) atoms. The number of pyridine rings is 1. The van der Waals surface area contributed by atoms with Crippen LogP contribution in [-0.2, 0) is 4.74 Å². The summed E-state index contributed by atoms with van der Waals surface area (Å²) < 4.78 is 11.0. The summed E-state index contributed by atoms with van der Waals surface area (Å²) in [5, 5.41) is 11.8. The van der Waals surface area contributed by atoms with E-state index in [9.17, 15) is 14.8 Å². The first-order chi connectivity index (χ1) is 13.9. The molecule has 0 amide bonds. The van der Waals surface area contributed by atoms with E-state index in [0.29, 0.717) is 17.4 Å². The minimum Gasteiger partial charge on any atom is -0.462 e. The van der Waals surface area contributed by atoms with Crippen molar-refractivity contribution in [1.82, 2.24) is 4.98 Å². The number of carbonyl (C=O) groups excluding carboxylic acids is 1. The number of esters is 1. The van der Waals surface area contributed by atoms with Crippen LogP contribution in [0.4, 0.5) is 5.82 Å². The minimum absolute atomic E-state index is 0.00364. The number of hydrogen-bond donors (Lipinski definition) is 1. The summed E-state index contributed by atoms with van der Waals surface area (Å²) in [7, 11) is 0. The van der Waals surface area contributed by atoms with Gasteiger partial charge in [0.25, 0.3) is 0 Å². The SMILES string of the molecule is CCCCN(O)c1nc2c(=O)c3cc(C(C)C)ccc3oc2cc1C(=O)OCC. The van der Waals surface area contributed by atoms with Gasteiger partial charge in [0.2, 0.25) is 5.43 Å². The first kappa shape index (κ1) is 20.8. The molecule has 1 N–H and O–H groups in total. The highest BCUT2D eigenvalue weighted by Crippen LogP contribution is 2.27. The molecule has 3 rings (SSSR count). The Bertz CT molecular complexity index is 1100. The predicted molar refractivity (Wildman–Crippen MR) is 112 cm³/mol. The molecule has 7 heteroatoms. The normalized spacial score (nSPS) is 11.4. The Morgan fingerprint density at radius 1 is 1.24 bits per heavy atom. The van der Waals surface area contributed by atoms with Crippen LogP contribution in [0.5, 0.6) is 0 Å². The lowest BCUT2D eigenvalue weighted by atomic mass is 10.0. The summed E-state index contributed by atoms with van der Waals surface area (Å²) >= 11 is 0. The van der Waals surface area contributed by atoms with Gasteiger partial charge in [-0.05, 0) is 37.0 Å². The summed E-state index contributed by atoms with van der Waals surface area (Å²) in [5.74, 6) is -0.382. The van der Waals surface area contributed by atoms with Crippen LogP contribution in [-0.4, -0.2) is 29.3 Å². The number of nitrogens with zero attached hydrogens (tertiary/aromatic N) is 2. The molecule has 2 heterocycles. The maximum absolute atomic E-state index is 13.1. The molecule has 0 atom stereocenters. The molecule has 0 spiro atoms. The first-order valence-corrected chi connectivity index (χ1v) is 9.92. The average Bonchev–Trinajstić information content (AvgIpc) is 2.71. The van der Waals surface area contributed by atoms with Crippen LogP contribution in [0.15, 0.2) is 33.5 Å². The maximum atomic E-state index is 13.1. The lowest BCUT2D eigenvalue weighted by Crippen LogP contribution is -2.24. The van der Waals surface area contributed by atoms with Crippen molar-refractivity contribution in [2.24, 2.45) is 0 Å². The number of benzene rings is 1. The van der Waals surface area contributed by atoms with E-state index in [-0.39, 0.29) is 47.0 Å². The van der Waals surface area contributed by atoms with Crippen molar-refractivity contribution >= 4 is 33.9 Å². The zero-order chi connectivity index (χ0) is 21.1. The number of unbranched alkanes of at least 4 members (excludes halogenated alkanes) is 1. The largest absolute Gasteiger partial charge is 0.462 e. The zero-order valence-corrected chi connectivity index (χ0v) is 17.2. The molecule has 0 aliphatic rings. The Balaban J connectivity index is 2.27. The van der Waals surface area contributed by atoms with Crippen molar-refractivity contribution in [3.05, 3.63) is 45.6 Å². The van der Waals surface area contributed by atoms with Crippen molar-refractivity contribution in [2.75, 3.05) is 18.2 Å². The molecule has 154 valence electrons.